The second kappa shape index (κ2) is 6.85. The third-order valence-corrected chi connectivity index (χ3v) is 3.98. The average molecular weight is 373 g/mol. The molecule has 0 unspecified atom stereocenters. The Morgan fingerprint density at radius 3 is 2.58 bits per heavy atom. The van der Waals surface area contributed by atoms with E-state index in [1.54, 1.807) is 6.92 Å². The number of halogens is 1. The number of allylic oxidation sites excluding steroid dienone is 1. The lowest BCUT2D eigenvalue weighted by Gasteiger charge is -2.02. The monoisotopic (exact) mass is 372 g/mol. The first kappa shape index (κ1) is 17.4. The van der Waals surface area contributed by atoms with Gasteiger partial charge in [-0.25, -0.2) is 9.48 Å². The minimum Gasteiger partial charge on any atom is -0.494 e. The van der Waals surface area contributed by atoms with Gasteiger partial charge in [-0.1, -0.05) is 29.8 Å². The van der Waals surface area contributed by atoms with E-state index >= 15 is 0 Å². The number of carbonyl (C=O) groups excluding carboxylic acids is 1. The van der Waals surface area contributed by atoms with Crippen molar-refractivity contribution in [2.24, 2.45) is 0 Å². The molecule has 0 aliphatic rings. The van der Waals surface area contributed by atoms with Gasteiger partial charge in [0.1, 0.15) is 10.7 Å². The predicted octanol–water partition coefficient (Wildman–Crippen LogP) is 1.81. The fourth-order valence-corrected chi connectivity index (χ4v) is 2.72. The molecule has 0 saturated carbocycles. The second-order valence-electron chi connectivity index (χ2n) is 5.37. The van der Waals surface area contributed by atoms with E-state index in [1.165, 1.54) is 10.8 Å². The van der Waals surface area contributed by atoms with E-state index in [1.807, 2.05) is 40.3 Å². The van der Waals surface area contributed by atoms with Gasteiger partial charge in [-0.15, -0.1) is 0 Å². The normalized spacial score (nSPS) is 11.2. The lowest BCUT2D eigenvalue weighted by Crippen LogP contribution is -2.27. The van der Waals surface area contributed by atoms with Crippen molar-refractivity contribution in [2.45, 2.75) is 6.92 Å². The number of rotatable bonds is 4. The largest absolute Gasteiger partial charge is 0.494 e. The van der Waals surface area contributed by atoms with E-state index in [9.17, 15) is 19.5 Å². The van der Waals surface area contributed by atoms with Crippen molar-refractivity contribution in [1.29, 1.82) is 0 Å². The molecule has 0 radical (unpaired) electrons. The summed E-state index contributed by atoms with van der Waals surface area (Å²) in [5, 5.41) is 14.3. The standard InChI is InChI=1S/C17H13ClN4O4/c1-9-11(14(18)22(21-9)10-5-3-2-4-6-10)7-8-12(23)13-15(24)19-17(26)20-16(13)25/h2-8H,1H3,(H3,19,20,24,25,26)/b8-7+. The predicted molar refractivity (Wildman–Crippen MR) is 96.0 cm³/mol. The smallest absolute Gasteiger partial charge is 0.328 e. The van der Waals surface area contributed by atoms with E-state index in [0.717, 1.165) is 11.8 Å². The van der Waals surface area contributed by atoms with Crippen molar-refractivity contribution in [2.75, 3.05) is 0 Å². The van der Waals surface area contributed by atoms with E-state index in [2.05, 4.69) is 5.10 Å². The number of benzene rings is 1. The average Bonchev–Trinajstić information content (AvgIpc) is 2.87. The molecule has 2 aromatic heterocycles. The van der Waals surface area contributed by atoms with Crippen molar-refractivity contribution in [3.05, 3.63) is 79.2 Å². The summed E-state index contributed by atoms with van der Waals surface area (Å²) in [4.78, 5) is 38.8. The van der Waals surface area contributed by atoms with Gasteiger partial charge in [0.05, 0.1) is 11.4 Å². The van der Waals surface area contributed by atoms with Gasteiger partial charge in [0.25, 0.3) is 5.56 Å². The number of aromatic hydroxyl groups is 1. The minimum atomic E-state index is -0.983. The van der Waals surface area contributed by atoms with Crippen molar-refractivity contribution in [1.82, 2.24) is 19.7 Å². The highest BCUT2D eigenvalue weighted by Crippen LogP contribution is 2.24. The van der Waals surface area contributed by atoms with E-state index < -0.39 is 28.5 Å². The van der Waals surface area contributed by atoms with E-state index in [-0.39, 0.29) is 5.15 Å². The van der Waals surface area contributed by atoms with Crippen LogP contribution in [0, 0.1) is 6.92 Å². The van der Waals surface area contributed by atoms with Gasteiger partial charge in [-0.3, -0.25) is 19.6 Å². The molecule has 0 atom stereocenters. The van der Waals surface area contributed by atoms with Gasteiger partial charge in [0.2, 0.25) is 5.88 Å². The maximum atomic E-state index is 12.2. The number of nitrogens with one attached hydrogen (secondary N) is 2. The molecule has 1 aromatic carbocycles. The van der Waals surface area contributed by atoms with E-state index in [4.69, 9.17) is 11.6 Å². The van der Waals surface area contributed by atoms with Crippen LogP contribution in [-0.4, -0.2) is 30.6 Å². The zero-order valence-electron chi connectivity index (χ0n) is 13.5. The number of nitrogens with zero attached hydrogens (tertiary/aromatic N) is 2. The zero-order chi connectivity index (χ0) is 18.8. The Kier molecular flexibility index (Phi) is 4.59. The molecule has 9 heteroatoms. The number of aromatic amines is 2. The summed E-state index contributed by atoms with van der Waals surface area (Å²) in [5.74, 6) is -1.58. The zero-order valence-corrected chi connectivity index (χ0v) is 14.2. The minimum absolute atomic E-state index is 0.289. The van der Waals surface area contributed by atoms with Gasteiger partial charge >= 0.3 is 5.69 Å². The van der Waals surface area contributed by atoms with Crippen LogP contribution < -0.4 is 11.2 Å². The molecule has 3 rings (SSSR count). The number of aromatic nitrogens is 4. The van der Waals surface area contributed by atoms with Crippen LogP contribution in [0.5, 0.6) is 5.88 Å². The lowest BCUT2D eigenvalue weighted by molar-refractivity contribution is 0.104. The maximum Gasteiger partial charge on any atom is 0.328 e. The maximum absolute atomic E-state index is 12.2. The Hall–Kier alpha value is -3.39. The number of hydrogen-bond acceptors (Lipinski definition) is 5. The number of ketones is 1. The lowest BCUT2D eigenvalue weighted by atomic mass is 10.1. The summed E-state index contributed by atoms with van der Waals surface area (Å²) in [6, 6.07) is 9.20. The van der Waals surface area contributed by atoms with Crippen LogP contribution in [0.1, 0.15) is 21.6 Å². The highest BCUT2D eigenvalue weighted by molar-refractivity contribution is 6.31. The fraction of sp³-hybridized carbons (Fsp3) is 0.0588. The summed E-state index contributed by atoms with van der Waals surface area (Å²) in [6.07, 6.45) is 2.48. The van der Waals surface area contributed by atoms with Gasteiger partial charge in [0, 0.05) is 5.56 Å². The van der Waals surface area contributed by atoms with Crippen molar-refractivity contribution in [3.63, 3.8) is 0 Å². The Morgan fingerprint density at radius 2 is 1.92 bits per heavy atom. The summed E-state index contributed by atoms with van der Waals surface area (Å²) >= 11 is 6.35. The Bertz CT molecular complexity index is 1130. The number of carbonyl (C=O) groups is 1. The molecule has 8 nitrogen and oxygen atoms in total. The van der Waals surface area contributed by atoms with Gasteiger partial charge < -0.3 is 5.11 Å². The number of H-pyrrole nitrogens is 2. The third kappa shape index (κ3) is 3.22. The van der Waals surface area contributed by atoms with E-state index in [0.29, 0.717) is 11.3 Å². The molecule has 0 amide bonds. The Morgan fingerprint density at radius 1 is 1.23 bits per heavy atom. The molecular formula is C17H13ClN4O4. The van der Waals surface area contributed by atoms with Crippen LogP contribution in [0.3, 0.4) is 0 Å². The Balaban J connectivity index is 1.97. The number of aryl methyl sites for hydroxylation is 1. The summed E-state index contributed by atoms with van der Waals surface area (Å²) in [6.45, 7) is 1.72. The third-order valence-electron chi connectivity index (χ3n) is 3.62. The van der Waals surface area contributed by atoms with Crippen LogP contribution >= 0.6 is 11.6 Å². The van der Waals surface area contributed by atoms with Crippen molar-refractivity contribution in [3.8, 4) is 11.6 Å². The Labute approximate surface area is 151 Å². The van der Waals surface area contributed by atoms with Crippen LogP contribution in [-0.2, 0) is 0 Å². The summed E-state index contributed by atoms with van der Waals surface area (Å²) in [7, 11) is 0. The first-order valence-electron chi connectivity index (χ1n) is 7.47. The van der Waals surface area contributed by atoms with Crippen LogP contribution in [0.15, 0.2) is 46.0 Å². The topological polar surface area (TPSA) is 121 Å². The molecule has 3 N–H and O–H groups in total. The van der Waals surface area contributed by atoms with Crippen molar-refractivity contribution >= 4 is 23.5 Å². The number of para-hydroxylation sites is 1. The first-order chi connectivity index (χ1) is 12.4. The quantitative estimate of drug-likeness (QED) is 0.476. The van der Waals surface area contributed by atoms with Gasteiger partial charge in [-0.05, 0) is 31.2 Å². The summed E-state index contributed by atoms with van der Waals surface area (Å²) in [5.41, 5.74) is -0.641. The molecule has 132 valence electrons. The first-order valence-corrected chi connectivity index (χ1v) is 7.85. The number of hydrogen-bond donors (Lipinski definition) is 3. The molecule has 0 fully saturated rings. The molecular weight excluding hydrogens is 360 g/mol. The molecule has 0 spiro atoms. The SMILES string of the molecule is Cc1nn(-c2ccccc2)c(Cl)c1/C=C/C(=O)c1c(O)[nH]c(=O)[nH]c1=O. The second-order valence-corrected chi connectivity index (χ2v) is 5.72. The highest BCUT2D eigenvalue weighted by Gasteiger charge is 2.17. The highest BCUT2D eigenvalue weighted by atomic mass is 35.5. The molecule has 0 aliphatic heterocycles. The van der Waals surface area contributed by atoms with Crippen LogP contribution in [0.4, 0.5) is 0 Å². The van der Waals surface area contributed by atoms with Crippen LogP contribution in [0.2, 0.25) is 5.15 Å². The van der Waals surface area contributed by atoms with Gasteiger partial charge in [0.15, 0.2) is 5.78 Å². The van der Waals surface area contributed by atoms with Gasteiger partial charge in [-0.2, -0.15) is 5.10 Å². The molecule has 3 aromatic rings. The molecule has 26 heavy (non-hydrogen) atoms. The molecule has 0 bridgehead atoms. The molecule has 0 saturated heterocycles. The van der Waals surface area contributed by atoms with Crippen molar-refractivity contribution < 1.29 is 9.90 Å². The molecule has 0 aliphatic carbocycles. The van der Waals surface area contributed by atoms with Crippen LogP contribution in [0.25, 0.3) is 11.8 Å². The molecule has 2 heterocycles. The summed E-state index contributed by atoms with van der Waals surface area (Å²) < 4.78 is 1.52. The fourth-order valence-electron chi connectivity index (χ4n) is 2.39.